The Labute approximate surface area is 93.8 Å². The van der Waals surface area contributed by atoms with Gasteiger partial charge in [0.15, 0.2) is 0 Å². The Morgan fingerprint density at radius 3 is 2.88 bits per heavy atom. The van der Waals surface area contributed by atoms with E-state index in [0.29, 0.717) is 0 Å². The standard InChI is InChI=1S/C12H12N4/c1-4-13-5-2-9(1)12-10-3-6-14-7-11(10)15-8-16-12/h1-2,4-5,8,14H,3,6-7H2. The lowest BCUT2D eigenvalue weighted by Gasteiger charge is -2.18. The predicted molar refractivity (Wildman–Crippen MR) is 60.7 cm³/mol. The summed E-state index contributed by atoms with van der Waals surface area (Å²) < 4.78 is 0. The van der Waals surface area contributed by atoms with Crippen LogP contribution in [0.3, 0.4) is 0 Å². The summed E-state index contributed by atoms with van der Waals surface area (Å²) in [6.07, 6.45) is 6.23. The van der Waals surface area contributed by atoms with Crippen molar-refractivity contribution in [2.24, 2.45) is 0 Å². The molecule has 1 N–H and O–H groups in total. The van der Waals surface area contributed by atoms with E-state index in [1.54, 1.807) is 18.7 Å². The predicted octanol–water partition coefficient (Wildman–Crippen LogP) is 1.18. The van der Waals surface area contributed by atoms with E-state index in [-0.39, 0.29) is 0 Å². The number of rotatable bonds is 1. The lowest BCUT2D eigenvalue weighted by Crippen LogP contribution is -2.25. The van der Waals surface area contributed by atoms with Gasteiger partial charge in [-0.2, -0.15) is 0 Å². The molecule has 2 aromatic heterocycles. The molecule has 3 heterocycles. The smallest absolute Gasteiger partial charge is 0.116 e. The van der Waals surface area contributed by atoms with Crippen molar-refractivity contribution < 1.29 is 0 Å². The van der Waals surface area contributed by atoms with E-state index >= 15 is 0 Å². The summed E-state index contributed by atoms with van der Waals surface area (Å²) in [5, 5.41) is 3.32. The molecule has 16 heavy (non-hydrogen) atoms. The van der Waals surface area contributed by atoms with Crippen molar-refractivity contribution in [3.8, 4) is 11.3 Å². The Morgan fingerprint density at radius 2 is 2.00 bits per heavy atom. The molecule has 4 heteroatoms. The highest BCUT2D eigenvalue weighted by molar-refractivity contribution is 5.63. The van der Waals surface area contributed by atoms with E-state index in [1.165, 1.54) is 5.56 Å². The van der Waals surface area contributed by atoms with E-state index in [2.05, 4.69) is 20.3 Å². The number of fused-ring (bicyclic) bond motifs is 1. The average Bonchev–Trinajstić information content (AvgIpc) is 2.39. The fourth-order valence-corrected chi connectivity index (χ4v) is 2.04. The van der Waals surface area contributed by atoms with Crippen LogP contribution in [0.5, 0.6) is 0 Å². The summed E-state index contributed by atoms with van der Waals surface area (Å²) in [6.45, 7) is 1.84. The third-order valence-corrected chi connectivity index (χ3v) is 2.83. The molecule has 4 nitrogen and oxygen atoms in total. The van der Waals surface area contributed by atoms with Crippen LogP contribution in [0.4, 0.5) is 0 Å². The zero-order valence-corrected chi connectivity index (χ0v) is 8.85. The molecule has 1 aliphatic rings. The van der Waals surface area contributed by atoms with Crippen LogP contribution in [0.15, 0.2) is 30.9 Å². The largest absolute Gasteiger partial charge is 0.311 e. The fraction of sp³-hybridized carbons (Fsp3) is 0.250. The summed E-state index contributed by atoms with van der Waals surface area (Å²) in [5.41, 5.74) is 4.56. The van der Waals surface area contributed by atoms with E-state index in [4.69, 9.17) is 0 Å². The summed E-state index contributed by atoms with van der Waals surface area (Å²) in [7, 11) is 0. The zero-order valence-electron chi connectivity index (χ0n) is 8.85. The van der Waals surface area contributed by atoms with Crippen LogP contribution < -0.4 is 5.32 Å². The van der Waals surface area contributed by atoms with Gasteiger partial charge in [0.1, 0.15) is 6.33 Å². The maximum atomic E-state index is 4.40. The molecule has 0 atom stereocenters. The molecule has 0 fully saturated rings. The zero-order chi connectivity index (χ0) is 10.8. The first kappa shape index (κ1) is 9.42. The van der Waals surface area contributed by atoms with Gasteiger partial charge >= 0.3 is 0 Å². The SMILES string of the molecule is c1cc(-c2ncnc3c2CCNC3)ccn1. The van der Waals surface area contributed by atoms with E-state index < -0.39 is 0 Å². The van der Waals surface area contributed by atoms with Crippen molar-refractivity contribution in [2.75, 3.05) is 6.54 Å². The topological polar surface area (TPSA) is 50.7 Å². The molecule has 2 aromatic rings. The van der Waals surface area contributed by atoms with Crippen molar-refractivity contribution >= 4 is 0 Å². The van der Waals surface area contributed by atoms with Crippen molar-refractivity contribution in [3.63, 3.8) is 0 Å². The maximum Gasteiger partial charge on any atom is 0.116 e. The van der Waals surface area contributed by atoms with Crippen LogP contribution >= 0.6 is 0 Å². The number of hydrogen-bond donors (Lipinski definition) is 1. The van der Waals surface area contributed by atoms with Gasteiger partial charge in [-0.1, -0.05) is 0 Å². The minimum Gasteiger partial charge on any atom is -0.311 e. The van der Waals surface area contributed by atoms with Gasteiger partial charge in [-0.05, 0) is 25.1 Å². The van der Waals surface area contributed by atoms with Crippen molar-refractivity contribution in [1.29, 1.82) is 0 Å². The maximum absolute atomic E-state index is 4.40. The molecule has 0 radical (unpaired) electrons. The molecular formula is C12H12N4. The molecule has 0 saturated carbocycles. The van der Waals surface area contributed by atoms with Gasteiger partial charge in [-0.3, -0.25) is 4.98 Å². The third kappa shape index (κ3) is 1.57. The average molecular weight is 212 g/mol. The van der Waals surface area contributed by atoms with Crippen LogP contribution in [0.2, 0.25) is 0 Å². The number of aromatic nitrogens is 3. The highest BCUT2D eigenvalue weighted by Crippen LogP contribution is 2.24. The van der Waals surface area contributed by atoms with E-state index in [0.717, 1.165) is 36.5 Å². The Hall–Kier alpha value is -1.81. The first-order chi connectivity index (χ1) is 7.95. The van der Waals surface area contributed by atoms with Crippen molar-refractivity contribution in [3.05, 3.63) is 42.1 Å². The summed E-state index contributed by atoms with van der Waals surface area (Å²) in [5.74, 6) is 0. The number of nitrogens with one attached hydrogen (secondary N) is 1. The number of hydrogen-bond acceptors (Lipinski definition) is 4. The molecule has 3 rings (SSSR count). The van der Waals surface area contributed by atoms with Gasteiger partial charge < -0.3 is 5.32 Å². The molecular weight excluding hydrogens is 200 g/mol. The van der Waals surface area contributed by atoms with Gasteiger partial charge in [0, 0.05) is 30.1 Å². The Morgan fingerprint density at radius 1 is 1.12 bits per heavy atom. The van der Waals surface area contributed by atoms with Crippen LogP contribution in [0.25, 0.3) is 11.3 Å². The van der Waals surface area contributed by atoms with E-state index in [1.807, 2.05) is 12.1 Å². The molecule has 0 bridgehead atoms. The second kappa shape index (κ2) is 3.98. The second-order valence-electron chi connectivity index (χ2n) is 3.81. The lowest BCUT2D eigenvalue weighted by molar-refractivity contribution is 0.624. The van der Waals surface area contributed by atoms with Gasteiger partial charge in [0.05, 0.1) is 11.4 Å². The van der Waals surface area contributed by atoms with Gasteiger partial charge in [-0.25, -0.2) is 9.97 Å². The monoisotopic (exact) mass is 212 g/mol. The minimum atomic E-state index is 0.843. The highest BCUT2D eigenvalue weighted by atomic mass is 14.9. The molecule has 0 amide bonds. The molecule has 0 saturated heterocycles. The van der Waals surface area contributed by atoms with Crippen LogP contribution in [-0.2, 0) is 13.0 Å². The summed E-state index contributed by atoms with van der Waals surface area (Å²) in [4.78, 5) is 12.7. The summed E-state index contributed by atoms with van der Waals surface area (Å²) in [6, 6.07) is 3.98. The first-order valence-electron chi connectivity index (χ1n) is 5.39. The van der Waals surface area contributed by atoms with Crippen molar-refractivity contribution in [1.82, 2.24) is 20.3 Å². The normalized spacial score (nSPS) is 14.5. The van der Waals surface area contributed by atoms with Crippen LogP contribution in [-0.4, -0.2) is 21.5 Å². The molecule has 0 aromatic carbocycles. The first-order valence-corrected chi connectivity index (χ1v) is 5.39. The van der Waals surface area contributed by atoms with E-state index in [9.17, 15) is 0 Å². The van der Waals surface area contributed by atoms with Gasteiger partial charge in [0.2, 0.25) is 0 Å². The molecule has 0 unspecified atom stereocenters. The summed E-state index contributed by atoms with van der Waals surface area (Å²) >= 11 is 0. The Kier molecular flexibility index (Phi) is 2.34. The second-order valence-corrected chi connectivity index (χ2v) is 3.81. The van der Waals surface area contributed by atoms with Crippen molar-refractivity contribution in [2.45, 2.75) is 13.0 Å². The Bertz CT molecular complexity index is 496. The van der Waals surface area contributed by atoms with Crippen LogP contribution in [0, 0.1) is 0 Å². The highest BCUT2D eigenvalue weighted by Gasteiger charge is 2.15. The number of nitrogens with zero attached hydrogens (tertiary/aromatic N) is 3. The lowest BCUT2D eigenvalue weighted by atomic mass is 10.0. The molecule has 1 aliphatic heterocycles. The van der Waals surface area contributed by atoms with Gasteiger partial charge in [-0.15, -0.1) is 0 Å². The fourth-order valence-electron chi connectivity index (χ4n) is 2.04. The Balaban J connectivity index is 2.14. The third-order valence-electron chi connectivity index (χ3n) is 2.83. The molecule has 0 spiro atoms. The van der Waals surface area contributed by atoms with Gasteiger partial charge in [0.25, 0.3) is 0 Å². The quantitative estimate of drug-likeness (QED) is 0.771. The van der Waals surface area contributed by atoms with Crippen LogP contribution in [0.1, 0.15) is 11.3 Å². The number of pyridine rings is 1. The molecule has 0 aliphatic carbocycles. The minimum absolute atomic E-state index is 0.843. The molecule has 80 valence electrons.